The fourth-order valence-corrected chi connectivity index (χ4v) is 1.42. The number of carboxylic acid groups (broad SMARTS) is 1. The van der Waals surface area contributed by atoms with Gasteiger partial charge in [0.25, 0.3) is 0 Å². The number of carboxylic acids is 1. The SMILES string of the molecule is Cc1cccc(C(=O)CCCC(=O)O)c1O. The summed E-state index contributed by atoms with van der Waals surface area (Å²) >= 11 is 0. The van der Waals surface area contributed by atoms with E-state index in [2.05, 4.69) is 0 Å². The van der Waals surface area contributed by atoms with E-state index in [9.17, 15) is 14.7 Å². The van der Waals surface area contributed by atoms with Crippen LogP contribution < -0.4 is 0 Å². The maximum Gasteiger partial charge on any atom is 0.303 e. The molecule has 0 heterocycles. The van der Waals surface area contributed by atoms with Crippen molar-refractivity contribution < 1.29 is 19.8 Å². The lowest BCUT2D eigenvalue weighted by molar-refractivity contribution is -0.137. The number of aliphatic carboxylic acids is 1. The van der Waals surface area contributed by atoms with E-state index in [-0.39, 0.29) is 29.9 Å². The molecule has 0 saturated heterocycles. The average Bonchev–Trinajstić information content (AvgIpc) is 2.21. The van der Waals surface area contributed by atoms with Gasteiger partial charge in [0, 0.05) is 12.8 Å². The van der Waals surface area contributed by atoms with Gasteiger partial charge < -0.3 is 10.2 Å². The first-order valence-corrected chi connectivity index (χ1v) is 5.06. The molecule has 0 aliphatic carbocycles. The van der Waals surface area contributed by atoms with Crippen LogP contribution in [-0.4, -0.2) is 22.0 Å². The molecule has 86 valence electrons. The number of phenols is 1. The number of phenolic OH excluding ortho intramolecular Hbond substituents is 1. The first-order chi connectivity index (χ1) is 7.52. The van der Waals surface area contributed by atoms with E-state index in [0.29, 0.717) is 12.0 Å². The lowest BCUT2D eigenvalue weighted by Gasteiger charge is -2.05. The van der Waals surface area contributed by atoms with E-state index < -0.39 is 5.97 Å². The summed E-state index contributed by atoms with van der Waals surface area (Å²) in [7, 11) is 0. The molecule has 0 spiro atoms. The number of aryl methyl sites for hydroxylation is 1. The van der Waals surface area contributed by atoms with E-state index in [1.54, 1.807) is 25.1 Å². The molecular formula is C12H14O4. The summed E-state index contributed by atoms with van der Waals surface area (Å²) in [6, 6.07) is 4.95. The number of para-hydroxylation sites is 1. The molecule has 1 rings (SSSR count). The Morgan fingerprint density at radius 1 is 1.25 bits per heavy atom. The molecule has 0 amide bonds. The Labute approximate surface area is 93.5 Å². The topological polar surface area (TPSA) is 74.6 Å². The molecular weight excluding hydrogens is 208 g/mol. The number of Topliss-reactive ketones (excluding diaryl/α,β-unsaturated/α-hetero) is 1. The first-order valence-electron chi connectivity index (χ1n) is 5.06. The highest BCUT2D eigenvalue weighted by Crippen LogP contribution is 2.23. The van der Waals surface area contributed by atoms with Crippen molar-refractivity contribution in [3.05, 3.63) is 29.3 Å². The number of hydrogen-bond donors (Lipinski definition) is 2. The van der Waals surface area contributed by atoms with Crippen LogP contribution in [0.15, 0.2) is 18.2 Å². The second kappa shape index (κ2) is 5.30. The minimum absolute atomic E-state index is 0.0113. The number of rotatable bonds is 5. The van der Waals surface area contributed by atoms with Crippen LogP contribution in [0.2, 0.25) is 0 Å². The van der Waals surface area contributed by atoms with Crippen molar-refractivity contribution in [2.45, 2.75) is 26.2 Å². The van der Waals surface area contributed by atoms with Gasteiger partial charge in [-0.15, -0.1) is 0 Å². The summed E-state index contributed by atoms with van der Waals surface area (Å²) in [5.74, 6) is -1.15. The monoisotopic (exact) mass is 222 g/mol. The van der Waals surface area contributed by atoms with Gasteiger partial charge in [-0.25, -0.2) is 0 Å². The van der Waals surface area contributed by atoms with Crippen molar-refractivity contribution in [1.82, 2.24) is 0 Å². The largest absolute Gasteiger partial charge is 0.507 e. The highest BCUT2D eigenvalue weighted by atomic mass is 16.4. The van der Waals surface area contributed by atoms with Crippen molar-refractivity contribution >= 4 is 11.8 Å². The number of benzene rings is 1. The lowest BCUT2D eigenvalue weighted by atomic mass is 10.0. The highest BCUT2D eigenvalue weighted by Gasteiger charge is 2.12. The van der Waals surface area contributed by atoms with Gasteiger partial charge in [0.1, 0.15) is 5.75 Å². The van der Waals surface area contributed by atoms with Gasteiger partial charge in [-0.3, -0.25) is 9.59 Å². The summed E-state index contributed by atoms with van der Waals surface area (Å²) in [5.41, 5.74) is 0.912. The predicted molar refractivity (Wildman–Crippen MR) is 58.7 cm³/mol. The molecule has 16 heavy (non-hydrogen) atoms. The Balaban J connectivity index is 2.66. The number of hydrogen-bond acceptors (Lipinski definition) is 3. The molecule has 0 unspecified atom stereocenters. The van der Waals surface area contributed by atoms with Crippen LogP contribution in [0.4, 0.5) is 0 Å². The molecule has 4 heteroatoms. The quantitative estimate of drug-likeness (QED) is 0.748. The van der Waals surface area contributed by atoms with Crippen LogP contribution in [0.5, 0.6) is 5.75 Å². The summed E-state index contributed by atoms with van der Waals surface area (Å²) in [6.45, 7) is 1.71. The smallest absolute Gasteiger partial charge is 0.303 e. The van der Waals surface area contributed by atoms with Crippen LogP contribution in [0.3, 0.4) is 0 Å². The predicted octanol–water partition coefficient (Wildman–Crippen LogP) is 2.14. The van der Waals surface area contributed by atoms with Crippen LogP contribution >= 0.6 is 0 Å². The van der Waals surface area contributed by atoms with Crippen LogP contribution in [0.1, 0.15) is 35.2 Å². The Hall–Kier alpha value is -1.84. The molecule has 1 aromatic carbocycles. The van der Waals surface area contributed by atoms with Gasteiger partial charge in [-0.05, 0) is 25.0 Å². The third-order valence-electron chi connectivity index (χ3n) is 2.33. The molecule has 2 N–H and O–H groups in total. The van der Waals surface area contributed by atoms with Crippen LogP contribution in [0, 0.1) is 6.92 Å². The van der Waals surface area contributed by atoms with E-state index in [0.717, 1.165) is 0 Å². The maximum atomic E-state index is 11.6. The number of carbonyl (C=O) groups is 2. The normalized spacial score (nSPS) is 10.1. The number of ketones is 1. The fourth-order valence-electron chi connectivity index (χ4n) is 1.42. The van der Waals surface area contributed by atoms with Crippen molar-refractivity contribution in [3.8, 4) is 5.75 Å². The van der Waals surface area contributed by atoms with Crippen molar-refractivity contribution in [2.24, 2.45) is 0 Å². The van der Waals surface area contributed by atoms with Gasteiger partial charge in [0.2, 0.25) is 0 Å². The van der Waals surface area contributed by atoms with Crippen LogP contribution in [-0.2, 0) is 4.79 Å². The van der Waals surface area contributed by atoms with E-state index >= 15 is 0 Å². The second-order valence-electron chi connectivity index (χ2n) is 3.64. The molecule has 4 nitrogen and oxygen atoms in total. The first kappa shape index (κ1) is 12.2. The molecule has 0 radical (unpaired) electrons. The Morgan fingerprint density at radius 2 is 1.94 bits per heavy atom. The van der Waals surface area contributed by atoms with Gasteiger partial charge in [-0.2, -0.15) is 0 Å². The van der Waals surface area contributed by atoms with E-state index in [4.69, 9.17) is 5.11 Å². The summed E-state index contributed by atoms with van der Waals surface area (Å²) in [6.07, 6.45) is 0.406. The standard InChI is InChI=1S/C12H14O4/c1-8-4-2-5-9(12(8)16)10(13)6-3-7-11(14)15/h2,4-5,16H,3,6-7H2,1H3,(H,14,15). The van der Waals surface area contributed by atoms with Crippen molar-refractivity contribution in [2.75, 3.05) is 0 Å². The van der Waals surface area contributed by atoms with Gasteiger partial charge >= 0.3 is 5.97 Å². The third-order valence-corrected chi connectivity index (χ3v) is 2.33. The zero-order valence-corrected chi connectivity index (χ0v) is 9.06. The molecule has 0 bridgehead atoms. The zero-order chi connectivity index (χ0) is 12.1. The summed E-state index contributed by atoms with van der Waals surface area (Å²) in [5, 5.41) is 18.1. The Kier molecular flexibility index (Phi) is 4.05. The van der Waals surface area contributed by atoms with Crippen molar-refractivity contribution in [1.29, 1.82) is 0 Å². The molecule has 1 aromatic rings. The maximum absolute atomic E-state index is 11.6. The van der Waals surface area contributed by atoms with Gasteiger partial charge in [0.05, 0.1) is 5.56 Å². The minimum Gasteiger partial charge on any atom is -0.507 e. The fraction of sp³-hybridized carbons (Fsp3) is 0.333. The van der Waals surface area contributed by atoms with E-state index in [1.165, 1.54) is 0 Å². The molecule has 0 atom stereocenters. The van der Waals surface area contributed by atoms with Crippen LogP contribution in [0.25, 0.3) is 0 Å². The molecule has 0 aliphatic heterocycles. The zero-order valence-electron chi connectivity index (χ0n) is 9.06. The van der Waals surface area contributed by atoms with E-state index in [1.807, 2.05) is 0 Å². The van der Waals surface area contributed by atoms with Crippen molar-refractivity contribution in [3.63, 3.8) is 0 Å². The number of carbonyl (C=O) groups excluding carboxylic acids is 1. The minimum atomic E-state index is -0.915. The number of aromatic hydroxyl groups is 1. The molecule has 0 saturated carbocycles. The summed E-state index contributed by atoms with van der Waals surface area (Å²) < 4.78 is 0. The molecule has 0 aliphatic rings. The summed E-state index contributed by atoms with van der Waals surface area (Å²) in [4.78, 5) is 21.9. The molecule has 0 fully saturated rings. The highest BCUT2D eigenvalue weighted by molar-refractivity contribution is 5.99. The van der Waals surface area contributed by atoms with Gasteiger partial charge in [0.15, 0.2) is 5.78 Å². The average molecular weight is 222 g/mol. The molecule has 0 aromatic heterocycles. The lowest BCUT2D eigenvalue weighted by Crippen LogP contribution is -2.02. The third kappa shape index (κ3) is 3.08. The Bertz CT molecular complexity index is 409. The second-order valence-corrected chi connectivity index (χ2v) is 3.64. The Morgan fingerprint density at radius 3 is 2.56 bits per heavy atom. The van der Waals surface area contributed by atoms with Gasteiger partial charge in [-0.1, -0.05) is 12.1 Å².